The fourth-order valence-corrected chi connectivity index (χ4v) is 3.15. The van der Waals surface area contributed by atoms with E-state index in [4.69, 9.17) is 0 Å². The lowest BCUT2D eigenvalue weighted by molar-refractivity contribution is 0.0573. The van der Waals surface area contributed by atoms with Crippen LogP contribution in [0, 0.1) is 11.8 Å². The third-order valence-electron chi connectivity index (χ3n) is 4.50. The maximum absolute atomic E-state index is 3.45. The first kappa shape index (κ1) is 11.4. The summed E-state index contributed by atoms with van der Waals surface area (Å²) in [5.74, 6) is 1.85. The zero-order valence-corrected chi connectivity index (χ0v) is 10.5. The normalized spacial score (nSPS) is 36.2. The van der Waals surface area contributed by atoms with Gasteiger partial charge in [0.15, 0.2) is 0 Å². The van der Waals surface area contributed by atoms with Crippen LogP contribution in [0.5, 0.6) is 0 Å². The van der Waals surface area contributed by atoms with Gasteiger partial charge in [-0.15, -0.1) is 0 Å². The molecule has 0 spiro atoms. The third kappa shape index (κ3) is 2.54. The van der Waals surface area contributed by atoms with E-state index in [1.807, 2.05) is 0 Å². The molecule has 2 heteroatoms. The predicted octanol–water partition coefficient (Wildman–Crippen LogP) is 2.10. The second-order valence-electron chi connectivity index (χ2n) is 5.71. The average Bonchev–Trinajstić information content (AvgIpc) is 2.14. The molecule has 0 aromatic heterocycles. The summed E-state index contributed by atoms with van der Waals surface area (Å²) in [6.45, 7) is 7.41. The molecule has 0 amide bonds. The van der Waals surface area contributed by atoms with E-state index in [0.29, 0.717) is 0 Å². The van der Waals surface area contributed by atoms with Crippen molar-refractivity contribution >= 4 is 0 Å². The van der Waals surface area contributed by atoms with Crippen LogP contribution in [0.25, 0.3) is 0 Å². The van der Waals surface area contributed by atoms with Crippen molar-refractivity contribution in [2.24, 2.45) is 11.8 Å². The van der Waals surface area contributed by atoms with Gasteiger partial charge in [-0.05, 0) is 45.1 Å². The first-order valence-electron chi connectivity index (χ1n) is 6.62. The zero-order valence-electron chi connectivity index (χ0n) is 10.5. The van der Waals surface area contributed by atoms with Crippen LogP contribution in [0.3, 0.4) is 0 Å². The SMILES string of the molecule is CNC1CC(C)CN(C(C)C2CCC2)C1. The van der Waals surface area contributed by atoms with Crippen LogP contribution in [0.2, 0.25) is 0 Å². The lowest BCUT2D eigenvalue weighted by Crippen LogP contribution is -2.53. The minimum absolute atomic E-state index is 0.719. The molecule has 2 fully saturated rings. The van der Waals surface area contributed by atoms with Crippen LogP contribution in [0.1, 0.15) is 39.5 Å². The highest BCUT2D eigenvalue weighted by molar-refractivity contribution is 4.88. The van der Waals surface area contributed by atoms with Gasteiger partial charge in [-0.3, -0.25) is 4.90 Å². The van der Waals surface area contributed by atoms with Crippen molar-refractivity contribution in [2.45, 2.75) is 51.6 Å². The van der Waals surface area contributed by atoms with Crippen LogP contribution in [-0.2, 0) is 0 Å². The highest BCUT2D eigenvalue weighted by Gasteiger charge is 2.32. The molecule has 0 bridgehead atoms. The van der Waals surface area contributed by atoms with Gasteiger partial charge in [0.05, 0.1) is 0 Å². The molecule has 2 rings (SSSR count). The quantitative estimate of drug-likeness (QED) is 0.767. The molecule has 3 unspecified atom stereocenters. The van der Waals surface area contributed by atoms with Gasteiger partial charge in [-0.1, -0.05) is 13.3 Å². The molecule has 1 aliphatic carbocycles. The molecule has 2 nitrogen and oxygen atoms in total. The monoisotopic (exact) mass is 210 g/mol. The van der Waals surface area contributed by atoms with Crippen molar-refractivity contribution in [3.8, 4) is 0 Å². The van der Waals surface area contributed by atoms with Crippen molar-refractivity contribution in [1.29, 1.82) is 0 Å². The van der Waals surface area contributed by atoms with Gasteiger partial charge in [0.25, 0.3) is 0 Å². The van der Waals surface area contributed by atoms with Crippen molar-refractivity contribution in [2.75, 3.05) is 20.1 Å². The smallest absolute Gasteiger partial charge is 0.0195 e. The van der Waals surface area contributed by atoms with Crippen molar-refractivity contribution in [3.05, 3.63) is 0 Å². The summed E-state index contributed by atoms with van der Waals surface area (Å²) in [6.07, 6.45) is 5.75. The Bertz CT molecular complexity index is 201. The molecule has 0 aromatic carbocycles. The Kier molecular flexibility index (Phi) is 3.68. The van der Waals surface area contributed by atoms with Crippen molar-refractivity contribution in [1.82, 2.24) is 10.2 Å². The van der Waals surface area contributed by atoms with Crippen LogP contribution in [0.4, 0.5) is 0 Å². The van der Waals surface area contributed by atoms with E-state index in [0.717, 1.165) is 23.9 Å². The summed E-state index contributed by atoms with van der Waals surface area (Å²) >= 11 is 0. The van der Waals surface area contributed by atoms with Crippen LogP contribution < -0.4 is 5.32 Å². The molecule has 1 saturated carbocycles. The van der Waals surface area contributed by atoms with Gasteiger partial charge < -0.3 is 5.32 Å². The highest BCUT2D eigenvalue weighted by Crippen LogP contribution is 2.33. The first-order valence-corrected chi connectivity index (χ1v) is 6.62. The van der Waals surface area contributed by atoms with E-state index >= 15 is 0 Å². The summed E-state index contributed by atoms with van der Waals surface area (Å²) in [4.78, 5) is 2.72. The Hall–Kier alpha value is -0.0800. The van der Waals surface area contributed by atoms with E-state index < -0.39 is 0 Å². The van der Waals surface area contributed by atoms with Gasteiger partial charge in [-0.2, -0.15) is 0 Å². The highest BCUT2D eigenvalue weighted by atomic mass is 15.2. The molecule has 88 valence electrons. The van der Waals surface area contributed by atoms with Gasteiger partial charge in [-0.25, -0.2) is 0 Å². The lowest BCUT2D eigenvalue weighted by atomic mass is 9.79. The Morgan fingerprint density at radius 3 is 2.53 bits per heavy atom. The molecular formula is C13H26N2. The number of rotatable bonds is 3. The maximum Gasteiger partial charge on any atom is 0.0195 e. The summed E-state index contributed by atoms with van der Waals surface area (Å²) in [7, 11) is 2.11. The number of hydrogen-bond donors (Lipinski definition) is 1. The molecule has 0 radical (unpaired) electrons. The van der Waals surface area contributed by atoms with E-state index in [1.54, 1.807) is 0 Å². The molecule has 1 saturated heterocycles. The molecule has 2 aliphatic rings. The summed E-state index contributed by atoms with van der Waals surface area (Å²) < 4.78 is 0. The van der Waals surface area contributed by atoms with Crippen LogP contribution >= 0.6 is 0 Å². The number of nitrogens with zero attached hydrogens (tertiary/aromatic N) is 1. The molecule has 15 heavy (non-hydrogen) atoms. The zero-order chi connectivity index (χ0) is 10.8. The van der Waals surface area contributed by atoms with Crippen molar-refractivity contribution < 1.29 is 0 Å². The van der Waals surface area contributed by atoms with Gasteiger partial charge in [0.1, 0.15) is 0 Å². The van der Waals surface area contributed by atoms with Gasteiger partial charge in [0, 0.05) is 25.2 Å². The minimum Gasteiger partial charge on any atom is -0.316 e. The standard InChI is InChI=1S/C13H26N2/c1-10-7-13(14-3)9-15(8-10)11(2)12-5-4-6-12/h10-14H,4-9H2,1-3H3. The number of likely N-dealkylation sites (tertiary alicyclic amines) is 1. The molecular weight excluding hydrogens is 184 g/mol. The largest absolute Gasteiger partial charge is 0.316 e. The number of likely N-dealkylation sites (N-methyl/N-ethyl adjacent to an activating group) is 1. The predicted molar refractivity (Wildman–Crippen MR) is 65.0 cm³/mol. The van der Waals surface area contributed by atoms with Gasteiger partial charge in [0.2, 0.25) is 0 Å². The maximum atomic E-state index is 3.45. The van der Waals surface area contributed by atoms with E-state index in [1.165, 1.54) is 38.8 Å². The number of nitrogens with one attached hydrogen (secondary N) is 1. The van der Waals surface area contributed by atoms with Crippen LogP contribution in [0.15, 0.2) is 0 Å². The van der Waals surface area contributed by atoms with E-state index in [2.05, 4.69) is 31.1 Å². The third-order valence-corrected chi connectivity index (χ3v) is 4.50. The van der Waals surface area contributed by atoms with Gasteiger partial charge >= 0.3 is 0 Å². The molecule has 3 atom stereocenters. The molecule has 1 heterocycles. The molecule has 1 N–H and O–H groups in total. The first-order chi connectivity index (χ1) is 7.20. The summed E-state index contributed by atoms with van der Waals surface area (Å²) in [5, 5.41) is 3.45. The van der Waals surface area contributed by atoms with Crippen molar-refractivity contribution in [3.63, 3.8) is 0 Å². The molecule has 0 aromatic rings. The second-order valence-corrected chi connectivity index (χ2v) is 5.71. The Morgan fingerprint density at radius 1 is 1.27 bits per heavy atom. The lowest BCUT2D eigenvalue weighted by Gasteiger charge is -2.45. The second kappa shape index (κ2) is 4.84. The molecule has 1 aliphatic heterocycles. The number of hydrogen-bond acceptors (Lipinski definition) is 2. The topological polar surface area (TPSA) is 15.3 Å². The fourth-order valence-electron chi connectivity index (χ4n) is 3.15. The Labute approximate surface area is 94.4 Å². The summed E-state index contributed by atoms with van der Waals surface area (Å²) in [5.41, 5.74) is 0. The Morgan fingerprint density at radius 2 is 2.00 bits per heavy atom. The summed E-state index contributed by atoms with van der Waals surface area (Å²) in [6, 6.07) is 1.54. The Balaban J connectivity index is 1.89. The van der Waals surface area contributed by atoms with E-state index in [-0.39, 0.29) is 0 Å². The number of piperidine rings is 1. The minimum atomic E-state index is 0.719. The fraction of sp³-hybridized carbons (Fsp3) is 1.00. The van der Waals surface area contributed by atoms with Crippen LogP contribution in [-0.4, -0.2) is 37.1 Å². The average molecular weight is 210 g/mol. The van der Waals surface area contributed by atoms with E-state index in [9.17, 15) is 0 Å².